The predicted octanol–water partition coefficient (Wildman–Crippen LogP) is 3.74. The van der Waals surface area contributed by atoms with E-state index in [1.807, 2.05) is 37.3 Å². The Morgan fingerprint density at radius 2 is 1.89 bits per heavy atom. The molecule has 0 saturated carbocycles. The van der Waals surface area contributed by atoms with Crippen molar-refractivity contribution in [3.8, 4) is 11.8 Å². The Kier molecular flexibility index (Phi) is 5.60. The lowest BCUT2D eigenvalue weighted by atomic mass is 10.2. The van der Waals surface area contributed by atoms with Crippen LogP contribution >= 0.6 is 0 Å². The Morgan fingerprint density at radius 1 is 1.07 bits per heavy atom. The van der Waals surface area contributed by atoms with Gasteiger partial charge in [0.05, 0.1) is 18.2 Å². The van der Waals surface area contributed by atoms with E-state index in [0.29, 0.717) is 23.7 Å². The maximum atomic E-state index is 12.3. The fourth-order valence-electron chi connectivity index (χ4n) is 2.33. The summed E-state index contributed by atoms with van der Waals surface area (Å²) in [6.45, 7) is 2.54. The minimum absolute atomic E-state index is 0.176. The molecule has 7 nitrogen and oxygen atoms in total. The summed E-state index contributed by atoms with van der Waals surface area (Å²) in [5.74, 6) is 0.911. The Hall–Kier alpha value is -3.92. The number of aromatic nitrogens is 2. The molecule has 27 heavy (non-hydrogen) atoms. The van der Waals surface area contributed by atoms with Gasteiger partial charge in [0, 0.05) is 11.4 Å². The van der Waals surface area contributed by atoms with Crippen LogP contribution in [0.3, 0.4) is 0 Å². The highest BCUT2D eigenvalue weighted by atomic mass is 16.5. The number of hydrogen-bond acceptors (Lipinski definition) is 6. The Labute approximate surface area is 156 Å². The molecule has 3 rings (SSSR count). The second-order valence-corrected chi connectivity index (χ2v) is 5.53. The summed E-state index contributed by atoms with van der Waals surface area (Å²) >= 11 is 0. The Morgan fingerprint density at radius 3 is 2.56 bits per heavy atom. The van der Waals surface area contributed by atoms with E-state index in [1.54, 1.807) is 36.4 Å². The van der Waals surface area contributed by atoms with Gasteiger partial charge in [0.25, 0.3) is 5.91 Å². The second-order valence-electron chi connectivity index (χ2n) is 5.53. The van der Waals surface area contributed by atoms with Crippen LogP contribution in [0, 0.1) is 11.3 Å². The zero-order valence-electron chi connectivity index (χ0n) is 14.6. The van der Waals surface area contributed by atoms with Gasteiger partial charge >= 0.3 is 0 Å². The average molecular weight is 359 g/mol. The van der Waals surface area contributed by atoms with Gasteiger partial charge in [-0.3, -0.25) is 4.79 Å². The summed E-state index contributed by atoms with van der Waals surface area (Å²) in [6, 6.07) is 19.4. The van der Waals surface area contributed by atoms with Crippen molar-refractivity contribution in [1.29, 1.82) is 5.26 Å². The fraction of sp³-hybridized carbons (Fsp3) is 0.100. The van der Waals surface area contributed by atoms with Crippen molar-refractivity contribution in [2.75, 3.05) is 17.2 Å². The van der Waals surface area contributed by atoms with Gasteiger partial charge in [-0.1, -0.05) is 6.07 Å². The topological polar surface area (TPSA) is 99.9 Å². The van der Waals surface area contributed by atoms with Crippen LogP contribution in [-0.4, -0.2) is 22.7 Å². The van der Waals surface area contributed by atoms with Crippen LogP contribution in [0.25, 0.3) is 0 Å². The molecule has 0 atom stereocenters. The second kappa shape index (κ2) is 8.45. The van der Waals surface area contributed by atoms with Crippen LogP contribution < -0.4 is 15.4 Å². The third kappa shape index (κ3) is 4.80. The SMILES string of the molecule is CCOc1ccc(Nc2ccc(C(=O)Nc3cccc(C#N)c3)nn2)cc1. The van der Waals surface area contributed by atoms with Gasteiger partial charge in [0.15, 0.2) is 11.5 Å². The summed E-state index contributed by atoms with van der Waals surface area (Å²) in [5, 5.41) is 22.7. The Balaban J connectivity index is 1.64. The van der Waals surface area contributed by atoms with Gasteiger partial charge in [-0.05, 0) is 61.5 Å². The van der Waals surface area contributed by atoms with E-state index in [1.165, 1.54) is 0 Å². The lowest BCUT2D eigenvalue weighted by molar-refractivity contribution is 0.102. The number of benzene rings is 2. The molecular weight excluding hydrogens is 342 g/mol. The number of carbonyl (C=O) groups excluding carboxylic acids is 1. The molecule has 0 bridgehead atoms. The normalized spacial score (nSPS) is 9.93. The molecule has 0 unspecified atom stereocenters. The highest BCUT2D eigenvalue weighted by Gasteiger charge is 2.09. The number of carbonyl (C=O) groups is 1. The predicted molar refractivity (Wildman–Crippen MR) is 102 cm³/mol. The monoisotopic (exact) mass is 359 g/mol. The van der Waals surface area contributed by atoms with Crippen LogP contribution in [0.1, 0.15) is 23.0 Å². The molecule has 2 aromatic carbocycles. The van der Waals surface area contributed by atoms with E-state index in [-0.39, 0.29) is 5.69 Å². The summed E-state index contributed by atoms with van der Waals surface area (Å²) in [5.41, 5.74) is 2.00. The molecule has 1 heterocycles. The molecule has 0 spiro atoms. The van der Waals surface area contributed by atoms with Crippen molar-refractivity contribution >= 4 is 23.1 Å². The largest absolute Gasteiger partial charge is 0.494 e. The highest BCUT2D eigenvalue weighted by molar-refractivity contribution is 6.02. The van der Waals surface area contributed by atoms with E-state index < -0.39 is 5.91 Å². The molecule has 0 fully saturated rings. The van der Waals surface area contributed by atoms with Gasteiger partial charge in [-0.2, -0.15) is 5.26 Å². The van der Waals surface area contributed by atoms with Crippen molar-refractivity contribution in [2.24, 2.45) is 0 Å². The van der Waals surface area contributed by atoms with E-state index in [4.69, 9.17) is 10.00 Å². The molecule has 1 aromatic heterocycles. The minimum Gasteiger partial charge on any atom is -0.494 e. The standard InChI is InChI=1S/C20H17N5O2/c1-2-27-17-8-6-15(7-9-17)22-19-11-10-18(24-25-19)20(26)23-16-5-3-4-14(12-16)13-21/h3-12H,2H2,1H3,(H,22,25)(H,23,26). The zero-order chi connectivity index (χ0) is 19.1. The first-order valence-corrected chi connectivity index (χ1v) is 8.33. The number of ether oxygens (including phenoxy) is 1. The molecule has 0 aliphatic rings. The van der Waals surface area contributed by atoms with Crippen LogP contribution in [0.4, 0.5) is 17.2 Å². The molecular formula is C20H17N5O2. The highest BCUT2D eigenvalue weighted by Crippen LogP contribution is 2.19. The van der Waals surface area contributed by atoms with Crippen LogP contribution in [0.15, 0.2) is 60.7 Å². The lowest BCUT2D eigenvalue weighted by Gasteiger charge is -2.08. The minimum atomic E-state index is -0.398. The number of nitriles is 1. The van der Waals surface area contributed by atoms with E-state index >= 15 is 0 Å². The Bertz CT molecular complexity index is 963. The molecule has 134 valence electrons. The smallest absolute Gasteiger partial charge is 0.276 e. The van der Waals surface area contributed by atoms with Crippen molar-refractivity contribution in [3.05, 3.63) is 71.9 Å². The van der Waals surface area contributed by atoms with Crippen LogP contribution in [0.5, 0.6) is 5.75 Å². The molecule has 1 amide bonds. The third-order valence-corrected chi connectivity index (χ3v) is 3.58. The molecule has 0 aliphatic heterocycles. The molecule has 2 N–H and O–H groups in total. The molecule has 0 aliphatic carbocycles. The van der Waals surface area contributed by atoms with Crippen molar-refractivity contribution in [3.63, 3.8) is 0 Å². The fourth-order valence-corrected chi connectivity index (χ4v) is 2.33. The summed E-state index contributed by atoms with van der Waals surface area (Å²) < 4.78 is 5.40. The number of rotatable bonds is 6. The van der Waals surface area contributed by atoms with Crippen molar-refractivity contribution in [1.82, 2.24) is 10.2 Å². The lowest BCUT2D eigenvalue weighted by Crippen LogP contribution is -2.14. The molecule has 0 saturated heterocycles. The summed E-state index contributed by atoms with van der Waals surface area (Å²) in [4.78, 5) is 12.3. The number of anilines is 3. The molecule has 7 heteroatoms. The number of nitrogens with one attached hydrogen (secondary N) is 2. The molecule has 0 radical (unpaired) electrons. The van der Waals surface area contributed by atoms with E-state index in [2.05, 4.69) is 20.8 Å². The van der Waals surface area contributed by atoms with E-state index in [9.17, 15) is 4.79 Å². The maximum Gasteiger partial charge on any atom is 0.276 e. The first-order chi connectivity index (χ1) is 13.2. The van der Waals surface area contributed by atoms with Gasteiger partial charge in [-0.15, -0.1) is 10.2 Å². The van der Waals surface area contributed by atoms with Crippen LogP contribution in [0.2, 0.25) is 0 Å². The average Bonchev–Trinajstić information content (AvgIpc) is 2.70. The van der Waals surface area contributed by atoms with Crippen molar-refractivity contribution < 1.29 is 9.53 Å². The third-order valence-electron chi connectivity index (χ3n) is 3.58. The van der Waals surface area contributed by atoms with Crippen LogP contribution in [-0.2, 0) is 0 Å². The van der Waals surface area contributed by atoms with Crippen molar-refractivity contribution in [2.45, 2.75) is 6.92 Å². The summed E-state index contributed by atoms with van der Waals surface area (Å²) in [6.07, 6.45) is 0. The maximum absolute atomic E-state index is 12.3. The summed E-state index contributed by atoms with van der Waals surface area (Å²) in [7, 11) is 0. The first-order valence-electron chi connectivity index (χ1n) is 8.33. The van der Waals surface area contributed by atoms with Gasteiger partial charge in [-0.25, -0.2) is 0 Å². The van der Waals surface area contributed by atoms with E-state index in [0.717, 1.165) is 11.4 Å². The first kappa shape index (κ1) is 17.9. The quantitative estimate of drug-likeness (QED) is 0.695. The van der Waals surface area contributed by atoms with Gasteiger partial charge in [0.1, 0.15) is 5.75 Å². The number of nitrogens with zero attached hydrogens (tertiary/aromatic N) is 3. The number of hydrogen-bond donors (Lipinski definition) is 2. The van der Waals surface area contributed by atoms with Gasteiger partial charge in [0.2, 0.25) is 0 Å². The molecule has 3 aromatic rings. The van der Waals surface area contributed by atoms with Gasteiger partial charge < -0.3 is 15.4 Å². The zero-order valence-corrected chi connectivity index (χ0v) is 14.6. The number of amides is 1.